The minimum atomic E-state index is -4.26. The van der Waals surface area contributed by atoms with E-state index in [4.69, 9.17) is 21.6 Å². The number of nitrogens with one attached hydrogen (secondary N) is 2. The first-order valence-electron chi connectivity index (χ1n) is 7.52. The summed E-state index contributed by atoms with van der Waals surface area (Å²) in [5.74, 6) is 0.318. The number of benzene rings is 2. The molecule has 0 aromatic heterocycles. The summed E-state index contributed by atoms with van der Waals surface area (Å²) in [4.78, 5) is 11.5. The van der Waals surface area contributed by atoms with Crippen LogP contribution in [-0.4, -0.2) is 20.5 Å². The maximum atomic E-state index is 12.6. The van der Waals surface area contributed by atoms with E-state index in [-0.39, 0.29) is 22.3 Å². The number of nitrogens with zero attached hydrogens (tertiary/aromatic N) is 1. The Morgan fingerprint density at radius 3 is 2.42 bits per heavy atom. The van der Waals surface area contributed by atoms with E-state index in [2.05, 4.69) is 5.32 Å². The van der Waals surface area contributed by atoms with Crippen LogP contribution in [0.15, 0.2) is 47.4 Å². The molecule has 2 aromatic carbocycles. The summed E-state index contributed by atoms with van der Waals surface area (Å²) in [5, 5.41) is 12.0. The molecule has 0 aliphatic carbocycles. The van der Waals surface area contributed by atoms with Gasteiger partial charge in [0.15, 0.2) is 0 Å². The molecule has 136 valence electrons. The molecule has 0 aliphatic heterocycles. The molecule has 0 atom stereocenters. The molecule has 0 radical (unpaired) electrons. The largest absolute Gasteiger partial charge is 0.456 e. The van der Waals surface area contributed by atoms with Crippen LogP contribution in [0.2, 0.25) is 5.02 Å². The zero-order valence-corrected chi connectivity index (χ0v) is 15.6. The third kappa shape index (κ3) is 5.12. The fourth-order valence-electron chi connectivity index (χ4n) is 1.97. The van der Waals surface area contributed by atoms with Crippen molar-refractivity contribution in [2.24, 2.45) is 0 Å². The van der Waals surface area contributed by atoms with Crippen LogP contribution in [0.4, 0.5) is 4.79 Å². The van der Waals surface area contributed by atoms with Gasteiger partial charge in [-0.3, -0.25) is 0 Å². The van der Waals surface area contributed by atoms with Crippen molar-refractivity contribution in [3.05, 3.63) is 53.1 Å². The van der Waals surface area contributed by atoms with Gasteiger partial charge in [-0.2, -0.15) is 5.26 Å². The molecule has 0 saturated heterocycles. The summed E-state index contributed by atoms with van der Waals surface area (Å²) in [6.07, 6.45) is 0. The highest BCUT2D eigenvalue weighted by atomic mass is 35.5. The van der Waals surface area contributed by atoms with Crippen LogP contribution in [0.25, 0.3) is 0 Å². The first-order chi connectivity index (χ1) is 12.2. The molecule has 0 unspecified atom stereocenters. The molecule has 7 nitrogen and oxygen atoms in total. The van der Waals surface area contributed by atoms with Crippen LogP contribution < -0.4 is 14.8 Å². The molecule has 2 rings (SSSR count). The van der Waals surface area contributed by atoms with Crippen LogP contribution in [-0.2, 0) is 10.0 Å². The van der Waals surface area contributed by atoms with Crippen molar-refractivity contribution in [3.63, 3.8) is 0 Å². The zero-order chi connectivity index (χ0) is 19.3. The topological polar surface area (TPSA) is 108 Å². The molecule has 0 aliphatic rings. The number of nitriles is 1. The van der Waals surface area contributed by atoms with Gasteiger partial charge in [0.2, 0.25) is 0 Å². The zero-order valence-electron chi connectivity index (χ0n) is 14.0. The van der Waals surface area contributed by atoms with Gasteiger partial charge in [-0.05, 0) is 56.3 Å². The van der Waals surface area contributed by atoms with Gasteiger partial charge >= 0.3 is 6.03 Å². The number of amides is 2. The number of sulfonamides is 1. The number of urea groups is 1. The second-order valence-electron chi connectivity index (χ2n) is 5.56. The number of hydrogen-bond donors (Lipinski definition) is 2. The molecular formula is C17H16ClN3O4S. The first kappa shape index (κ1) is 19.6. The van der Waals surface area contributed by atoms with Crippen LogP contribution in [0, 0.1) is 11.3 Å². The normalized spacial score (nSPS) is 10.9. The van der Waals surface area contributed by atoms with Gasteiger partial charge in [-0.25, -0.2) is 17.9 Å². The number of ether oxygens (including phenoxy) is 1. The monoisotopic (exact) mass is 393 g/mol. The highest BCUT2D eigenvalue weighted by Crippen LogP contribution is 2.30. The molecule has 2 aromatic rings. The number of halogens is 1. The van der Waals surface area contributed by atoms with Crippen molar-refractivity contribution in [3.8, 4) is 17.6 Å². The van der Waals surface area contributed by atoms with Crippen LogP contribution in [0.5, 0.6) is 11.5 Å². The second kappa shape index (κ2) is 8.08. The molecule has 0 saturated carbocycles. The number of carbonyl (C=O) groups excluding carboxylic acids is 1. The lowest BCUT2D eigenvalue weighted by Gasteiger charge is -2.14. The van der Waals surface area contributed by atoms with Gasteiger partial charge in [0.25, 0.3) is 10.0 Å². The average molecular weight is 394 g/mol. The van der Waals surface area contributed by atoms with Crippen molar-refractivity contribution in [2.75, 3.05) is 0 Å². The first-order valence-corrected chi connectivity index (χ1v) is 9.38. The average Bonchev–Trinajstić information content (AvgIpc) is 2.55. The van der Waals surface area contributed by atoms with Gasteiger partial charge in [-0.1, -0.05) is 11.6 Å². The van der Waals surface area contributed by atoms with Gasteiger partial charge in [0.05, 0.1) is 11.6 Å². The van der Waals surface area contributed by atoms with Crippen LogP contribution in [0.1, 0.15) is 19.4 Å². The summed E-state index contributed by atoms with van der Waals surface area (Å²) in [7, 11) is -4.26. The maximum absolute atomic E-state index is 12.6. The maximum Gasteiger partial charge on any atom is 0.328 e. The lowest BCUT2D eigenvalue weighted by atomic mass is 10.2. The summed E-state index contributed by atoms with van der Waals surface area (Å²) in [6, 6.07) is 10.9. The Labute approximate surface area is 156 Å². The third-order valence-corrected chi connectivity index (χ3v) is 4.65. The summed E-state index contributed by atoms with van der Waals surface area (Å²) in [5.41, 5.74) is 0.109. The fourth-order valence-corrected chi connectivity index (χ4v) is 3.17. The van der Waals surface area contributed by atoms with Crippen LogP contribution in [0.3, 0.4) is 0 Å². The minimum absolute atomic E-state index is 0.0313. The highest BCUT2D eigenvalue weighted by molar-refractivity contribution is 7.90. The molecule has 2 amide bonds. The van der Waals surface area contributed by atoms with Gasteiger partial charge in [-0.15, -0.1) is 0 Å². The van der Waals surface area contributed by atoms with E-state index in [9.17, 15) is 13.2 Å². The molecule has 9 heteroatoms. The van der Waals surface area contributed by atoms with E-state index < -0.39 is 16.1 Å². The summed E-state index contributed by atoms with van der Waals surface area (Å²) >= 11 is 5.81. The van der Waals surface area contributed by atoms with Crippen molar-refractivity contribution in [2.45, 2.75) is 24.8 Å². The van der Waals surface area contributed by atoms with Gasteiger partial charge < -0.3 is 10.1 Å². The van der Waals surface area contributed by atoms with E-state index in [0.29, 0.717) is 10.8 Å². The third-order valence-electron chi connectivity index (χ3n) is 3.05. The second-order valence-corrected chi connectivity index (χ2v) is 7.65. The van der Waals surface area contributed by atoms with E-state index >= 15 is 0 Å². The molecule has 0 heterocycles. The number of rotatable bonds is 5. The predicted octanol–water partition coefficient (Wildman–Crippen LogP) is 3.40. The van der Waals surface area contributed by atoms with Gasteiger partial charge in [0, 0.05) is 11.1 Å². The Kier molecular flexibility index (Phi) is 6.08. The lowest BCUT2D eigenvalue weighted by molar-refractivity contribution is 0.243. The Balaban J connectivity index is 2.40. The van der Waals surface area contributed by atoms with Crippen molar-refractivity contribution in [1.82, 2.24) is 10.0 Å². The van der Waals surface area contributed by atoms with Crippen molar-refractivity contribution < 1.29 is 17.9 Å². The molecule has 0 fully saturated rings. The Morgan fingerprint density at radius 2 is 1.85 bits per heavy atom. The molecule has 0 spiro atoms. The summed E-state index contributed by atoms with van der Waals surface area (Å²) in [6.45, 7) is 3.38. The Morgan fingerprint density at radius 1 is 1.19 bits per heavy atom. The molecule has 26 heavy (non-hydrogen) atoms. The smallest absolute Gasteiger partial charge is 0.328 e. The quantitative estimate of drug-likeness (QED) is 0.809. The van der Waals surface area contributed by atoms with Gasteiger partial charge in [0.1, 0.15) is 16.4 Å². The van der Waals surface area contributed by atoms with E-state index in [1.165, 1.54) is 12.1 Å². The standard InChI is InChI=1S/C17H16ClN3O4S/c1-11(2)20-17(22)21-26(23,24)16-9-12(10-19)3-8-15(16)25-14-6-4-13(18)5-7-14/h3-9,11H,1-2H3,(H2,20,21,22). The van der Waals surface area contributed by atoms with Crippen molar-refractivity contribution >= 4 is 27.7 Å². The minimum Gasteiger partial charge on any atom is -0.456 e. The fraction of sp³-hybridized carbons (Fsp3) is 0.176. The van der Waals surface area contributed by atoms with E-state index in [0.717, 1.165) is 6.07 Å². The van der Waals surface area contributed by atoms with E-state index in [1.807, 2.05) is 10.8 Å². The van der Waals surface area contributed by atoms with E-state index in [1.54, 1.807) is 38.1 Å². The Hall–Kier alpha value is -2.76. The lowest BCUT2D eigenvalue weighted by Crippen LogP contribution is -2.42. The molecule has 0 bridgehead atoms. The SMILES string of the molecule is CC(C)NC(=O)NS(=O)(=O)c1cc(C#N)ccc1Oc1ccc(Cl)cc1. The van der Waals surface area contributed by atoms with Crippen molar-refractivity contribution in [1.29, 1.82) is 5.26 Å². The molecule has 2 N–H and O–H groups in total. The highest BCUT2D eigenvalue weighted by Gasteiger charge is 2.23. The summed E-state index contributed by atoms with van der Waals surface area (Å²) < 4.78 is 32.6. The number of carbonyl (C=O) groups is 1. The van der Waals surface area contributed by atoms with Crippen LogP contribution >= 0.6 is 11.6 Å². The Bertz CT molecular complexity index is 951. The molecular weight excluding hydrogens is 378 g/mol. The number of hydrogen-bond acceptors (Lipinski definition) is 5. The predicted molar refractivity (Wildman–Crippen MR) is 96.7 cm³/mol.